The Hall–Kier alpha value is -2.60. The highest BCUT2D eigenvalue weighted by Crippen LogP contribution is 2.21. The van der Waals surface area contributed by atoms with Crippen molar-refractivity contribution in [2.45, 2.75) is 19.0 Å². The molecule has 0 saturated carbocycles. The Labute approximate surface area is 180 Å². The van der Waals surface area contributed by atoms with Gasteiger partial charge in [0.25, 0.3) is 5.56 Å². The van der Waals surface area contributed by atoms with Gasteiger partial charge in [0.05, 0.1) is 18.7 Å². The lowest BCUT2D eigenvalue weighted by Gasteiger charge is -2.11. The van der Waals surface area contributed by atoms with E-state index in [4.69, 9.17) is 17.3 Å². The summed E-state index contributed by atoms with van der Waals surface area (Å²) in [5, 5.41) is 0.488. The molecule has 0 amide bonds. The number of halogens is 2. The van der Waals surface area contributed by atoms with Gasteiger partial charge in [0, 0.05) is 11.8 Å². The van der Waals surface area contributed by atoms with Crippen molar-refractivity contribution < 1.29 is 9.53 Å². The van der Waals surface area contributed by atoms with Crippen LogP contribution in [0.15, 0.2) is 71.7 Å². The second-order valence-corrected chi connectivity index (χ2v) is 6.96. The van der Waals surface area contributed by atoms with Gasteiger partial charge in [-0.25, -0.2) is 0 Å². The number of pyridine rings is 1. The maximum absolute atomic E-state index is 12.9. The Bertz CT molecular complexity index is 1020. The van der Waals surface area contributed by atoms with Crippen molar-refractivity contribution in [1.82, 2.24) is 4.57 Å². The number of hydrogen-bond donors (Lipinski definition) is 1. The number of nitrogens with two attached hydrogens (primary N) is 1. The van der Waals surface area contributed by atoms with E-state index in [0.29, 0.717) is 23.6 Å². The smallest absolute Gasteiger partial charge is 0.322 e. The van der Waals surface area contributed by atoms with Gasteiger partial charge < -0.3 is 15.0 Å². The van der Waals surface area contributed by atoms with Crippen molar-refractivity contribution >= 4 is 30.0 Å². The van der Waals surface area contributed by atoms with Crippen LogP contribution in [0.5, 0.6) is 0 Å². The molecule has 0 bridgehead atoms. The van der Waals surface area contributed by atoms with Crippen LogP contribution in [0.2, 0.25) is 5.02 Å². The average molecular weight is 433 g/mol. The van der Waals surface area contributed by atoms with E-state index in [1.54, 1.807) is 16.8 Å². The first-order valence-corrected chi connectivity index (χ1v) is 9.22. The molecule has 2 aromatic carbocycles. The van der Waals surface area contributed by atoms with Crippen LogP contribution in [-0.2, 0) is 22.5 Å². The van der Waals surface area contributed by atoms with Crippen LogP contribution in [-0.4, -0.2) is 23.7 Å². The van der Waals surface area contributed by atoms with Crippen molar-refractivity contribution in [2.75, 3.05) is 7.11 Å². The van der Waals surface area contributed by atoms with E-state index in [9.17, 15) is 9.59 Å². The number of rotatable bonds is 6. The molecule has 0 aliphatic heterocycles. The highest BCUT2D eigenvalue weighted by atomic mass is 35.5. The third-order valence-corrected chi connectivity index (χ3v) is 4.68. The van der Waals surface area contributed by atoms with Gasteiger partial charge >= 0.3 is 5.97 Å². The number of benzene rings is 2. The first-order chi connectivity index (χ1) is 13.5. The molecule has 0 spiro atoms. The third kappa shape index (κ3) is 5.70. The zero-order valence-corrected chi connectivity index (χ0v) is 17.5. The average Bonchev–Trinajstić information content (AvgIpc) is 2.71. The van der Waals surface area contributed by atoms with E-state index < -0.39 is 12.0 Å². The van der Waals surface area contributed by atoms with Crippen LogP contribution in [0.25, 0.3) is 11.1 Å². The Kier molecular flexibility index (Phi) is 8.02. The first-order valence-electron chi connectivity index (χ1n) is 8.84. The minimum absolute atomic E-state index is 0. The zero-order chi connectivity index (χ0) is 20.1. The standard InChI is InChI=1S/C22H21ClN2O3.ClH/c1-28-22(27)20(24)11-15-7-9-17(10-8-15)19-12-18(23)14-25(21(19)26)13-16-5-3-2-4-6-16;/h2-10,12,14,20H,11,13,24H2,1H3;1H. The predicted molar refractivity (Wildman–Crippen MR) is 118 cm³/mol. The van der Waals surface area contributed by atoms with Gasteiger partial charge in [-0.1, -0.05) is 66.2 Å². The van der Waals surface area contributed by atoms with E-state index >= 15 is 0 Å². The molecule has 0 fully saturated rings. The van der Waals surface area contributed by atoms with Gasteiger partial charge in [0.15, 0.2) is 0 Å². The van der Waals surface area contributed by atoms with E-state index in [1.807, 2.05) is 54.6 Å². The molecule has 29 heavy (non-hydrogen) atoms. The molecule has 5 nitrogen and oxygen atoms in total. The molecule has 3 rings (SSSR count). The number of nitrogens with zero attached hydrogens (tertiary/aromatic N) is 1. The molecule has 152 valence electrons. The summed E-state index contributed by atoms with van der Waals surface area (Å²) >= 11 is 6.26. The summed E-state index contributed by atoms with van der Waals surface area (Å²) in [5.41, 5.74) is 8.86. The van der Waals surface area contributed by atoms with Crippen LogP contribution < -0.4 is 11.3 Å². The fourth-order valence-electron chi connectivity index (χ4n) is 3.01. The molecule has 2 N–H and O–H groups in total. The monoisotopic (exact) mass is 432 g/mol. The van der Waals surface area contributed by atoms with Gasteiger partial charge in [0.2, 0.25) is 0 Å². The lowest BCUT2D eigenvalue weighted by atomic mass is 10.0. The first kappa shape index (κ1) is 22.7. The van der Waals surface area contributed by atoms with E-state index in [1.165, 1.54) is 7.11 Å². The predicted octanol–water partition coefficient (Wildman–Crippen LogP) is 3.68. The topological polar surface area (TPSA) is 74.3 Å². The molecule has 7 heteroatoms. The lowest BCUT2D eigenvalue weighted by molar-refractivity contribution is -0.142. The molecule has 0 radical (unpaired) electrons. The quantitative estimate of drug-likeness (QED) is 0.602. The van der Waals surface area contributed by atoms with E-state index in [-0.39, 0.29) is 18.0 Å². The summed E-state index contributed by atoms with van der Waals surface area (Å²) in [4.78, 5) is 24.4. The lowest BCUT2D eigenvalue weighted by Crippen LogP contribution is -2.33. The summed E-state index contributed by atoms with van der Waals surface area (Å²) in [5.74, 6) is -0.456. The minimum Gasteiger partial charge on any atom is -0.468 e. The fourth-order valence-corrected chi connectivity index (χ4v) is 3.24. The second-order valence-electron chi connectivity index (χ2n) is 6.52. The Morgan fingerprint density at radius 1 is 1.10 bits per heavy atom. The number of hydrogen-bond acceptors (Lipinski definition) is 4. The SMILES string of the molecule is COC(=O)C(N)Cc1ccc(-c2cc(Cl)cn(Cc3ccccc3)c2=O)cc1.Cl. The Balaban J connectivity index is 0.00000300. The number of carbonyl (C=O) groups excluding carboxylic acids is 1. The van der Waals surface area contributed by atoms with Gasteiger partial charge in [-0.2, -0.15) is 0 Å². The van der Waals surface area contributed by atoms with E-state index in [0.717, 1.165) is 16.7 Å². The number of carbonyl (C=O) groups is 1. The highest BCUT2D eigenvalue weighted by Gasteiger charge is 2.15. The molecular formula is C22H22Cl2N2O3. The van der Waals surface area contributed by atoms with Crippen LogP contribution in [0.1, 0.15) is 11.1 Å². The van der Waals surface area contributed by atoms with Gasteiger partial charge in [0.1, 0.15) is 6.04 Å². The molecule has 1 atom stereocenters. The van der Waals surface area contributed by atoms with Gasteiger partial charge in [-0.05, 0) is 29.2 Å². The Morgan fingerprint density at radius 3 is 2.38 bits per heavy atom. The number of esters is 1. The molecule has 0 aliphatic carbocycles. The number of ether oxygens (including phenoxy) is 1. The molecule has 3 aromatic rings. The summed E-state index contributed by atoms with van der Waals surface area (Å²) in [6.07, 6.45) is 2.00. The van der Waals surface area contributed by atoms with Crippen LogP contribution in [0, 0.1) is 0 Å². The normalized spacial score (nSPS) is 11.4. The summed E-state index contributed by atoms with van der Waals surface area (Å²) in [7, 11) is 1.31. The molecule has 1 heterocycles. The second kappa shape index (κ2) is 10.3. The molecule has 0 aliphatic rings. The molecular weight excluding hydrogens is 411 g/mol. The maximum Gasteiger partial charge on any atom is 0.322 e. The summed E-state index contributed by atoms with van der Waals surface area (Å²) < 4.78 is 6.25. The summed E-state index contributed by atoms with van der Waals surface area (Å²) in [6, 6.07) is 18.0. The van der Waals surface area contributed by atoms with Crippen LogP contribution >= 0.6 is 24.0 Å². The molecule has 1 unspecified atom stereocenters. The molecule has 1 aromatic heterocycles. The largest absolute Gasteiger partial charge is 0.468 e. The van der Waals surface area contributed by atoms with Crippen molar-refractivity contribution in [3.8, 4) is 11.1 Å². The number of methoxy groups -OCH3 is 1. The van der Waals surface area contributed by atoms with Crippen molar-refractivity contribution in [3.05, 3.63) is 93.4 Å². The maximum atomic E-state index is 12.9. The summed E-state index contributed by atoms with van der Waals surface area (Å²) in [6.45, 7) is 0.444. The van der Waals surface area contributed by atoms with Crippen molar-refractivity contribution in [1.29, 1.82) is 0 Å². The van der Waals surface area contributed by atoms with E-state index in [2.05, 4.69) is 4.74 Å². The highest BCUT2D eigenvalue weighted by molar-refractivity contribution is 6.30. The third-order valence-electron chi connectivity index (χ3n) is 4.47. The van der Waals surface area contributed by atoms with Crippen LogP contribution in [0.3, 0.4) is 0 Å². The Morgan fingerprint density at radius 2 is 1.76 bits per heavy atom. The number of aromatic nitrogens is 1. The minimum atomic E-state index is -0.717. The van der Waals surface area contributed by atoms with Crippen molar-refractivity contribution in [3.63, 3.8) is 0 Å². The van der Waals surface area contributed by atoms with Gasteiger partial charge in [-0.3, -0.25) is 9.59 Å². The fraction of sp³-hybridized carbons (Fsp3) is 0.182. The molecule has 0 saturated heterocycles. The van der Waals surface area contributed by atoms with Gasteiger partial charge in [-0.15, -0.1) is 12.4 Å². The van der Waals surface area contributed by atoms with Crippen LogP contribution in [0.4, 0.5) is 0 Å². The van der Waals surface area contributed by atoms with Crippen molar-refractivity contribution in [2.24, 2.45) is 5.73 Å². The zero-order valence-electron chi connectivity index (χ0n) is 15.9.